The zero-order valence-electron chi connectivity index (χ0n) is 13.2. The summed E-state index contributed by atoms with van der Waals surface area (Å²) in [6.45, 7) is 9.15. The Morgan fingerprint density at radius 1 is 1.10 bits per heavy atom. The van der Waals surface area contributed by atoms with Gasteiger partial charge in [-0.2, -0.15) is 4.98 Å². The number of rotatable bonds is 6. The maximum atomic E-state index is 5.96. The summed E-state index contributed by atoms with van der Waals surface area (Å²) < 4.78 is 5.96. The van der Waals surface area contributed by atoms with E-state index in [4.69, 9.17) is 4.74 Å². The van der Waals surface area contributed by atoms with Crippen molar-refractivity contribution in [3.63, 3.8) is 0 Å². The molecule has 2 aromatic rings. The minimum Gasteiger partial charge on any atom is -0.439 e. The largest absolute Gasteiger partial charge is 0.439 e. The van der Waals surface area contributed by atoms with Gasteiger partial charge in [0.2, 0.25) is 5.88 Å². The number of aryl methyl sites for hydroxylation is 3. The second-order valence-corrected chi connectivity index (χ2v) is 5.16. The predicted octanol–water partition coefficient (Wildman–Crippen LogP) is 4.27. The van der Waals surface area contributed by atoms with Crippen molar-refractivity contribution in [3.8, 4) is 11.6 Å². The first kappa shape index (κ1) is 15.3. The molecule has 0 aliphatic heterocycles. The van der Waals surface area contributed by atoms with Crippen LogP contribution in [-0.4, -0.2) is 16.5 Å². The van der Waals surface area contributed by atoms with E-state index in [1.165, 1.54) is 5.56 Å². The van der Waals surface area contributed by atoms with Crippen LogP contribution in [0.4, 0.5) is 5.82 Å². The van der Waals surface area contributed by atoms with Gasteiger partial charge in [0, 0.05) is 19.0 Å². The number of nitrogens with zero attached hydrogens (tertiary/aromatic N) is 2. The molecule has 4 nitrogen and oxygen atoms in total. The maximum Gasteiger partial charge on any atom is 0.224 e. The van der Waals surface area contributed by atoms with Crippen molar-refractivity contribution in [1.82, 2.24) is 9.97 Å². The van der Waals surface area contributed by atoms with E-state index >= 15 is 0 Å². The predicted molar refractivity (Wildman–Crippen MR) is 86.2 cm³/mol. The molecule has 0 bridgehead atoms. The van der Waals surface area contributed by atoms with Gasteiger partial charge >= 0.3 is 0 Å². The van der Waals surface area contributed by atoms with Crippen LogP contribution < -0.4 is 10.1 Å². The average molecular weight is 285 g/mol. The molecule has 0 unspecified atom stereocenters. The summed E-state index contributed by atoms with van der Waals surface area (Å²) in [6, 6.07) is 8.02. The van der Waals surface area contributed by atoms with Crippen molar-refractivity contribution in [3.05, 3.63) is 41.2 Å². The molecule has 4 heteroatoms. The summed E-state index contributed by atoms with van der Waals surface area (Å²) in [6.07, 6.45) is 1.84. The first-order chi connectivity index (χ1) is 10.1. The molecule has 21 heavy (non-hydrogen) atoms. The van der Waals surface area contributed by atoms with Crippen LogP contribution >= 0.6 is 0 Å². The second kappa shape index (κ2) is 7.07. The monoisotopic (exact) mass is 285 g/mol. The number of nitrogens with one attached hydrogen (secondary N) is 1. The quantitative estimate of drug-likeness (QED) is 0.861. The molecule has 0 aliphatic rings. The van der Waals surface area contributed by atoms with Crippen LogP contribution in [0.25, 0.3) is 0 Å². The lowest BCUT2D eigenvalue weighted by Gasteiger charge is -2.11. The zero-order chi connectivity index (χ0) is 15.2. The highest BCUT2D eigenvalue weighted by atomic mass is 16.5. The number of benzene rings is 1. The van der Waals surface area contributed by atoms with E-state index < -0.39 is 0 Å². The third-order valence-corrected chi connectivity index (χ3v) is 3.18. The molecule has 0 amide bonds. The highest BCUT2D eigenvalue weighted by Gasteiger charge is 2.07. The van der Waals surface area contributed by atoms with Crippen LogP contribution in [-0.2, 0) is 6.42 Å². The lowest BCUT2D eigenvalue weighted by molar-refractivity contribution is 0.455. The molecule has 0 atom stereocenters. The fourth-order valence-corrected chi connectivity index (χ4v) is 1.96. The smallest absolute Gasteiger partial charge is 0.224 e. The molecule has 1 aromatic carbocycles. The molecule has 0 spiro atoms. The lowest BCUT2D eigenvalue weighted by Crippen LogP contribution is -2.05. The SMILES string of the molecule is CCCNc1cc(Oc2cc(C)ccc2C)nc(CC)n1. The van der Waals surface area contributed by atoms with Crippen LogP contribution in [0.5, 0.6) is 11.6 Å². The third kappa shape index (κ3) is 4.18. The zero-order valence-corrected chi connectivity index (χ0v) is 13.2. The Morgan fingerprint density at radius 2 is 1.90 bits per heavy atom. The van der Waals surface area contributed by atoms with Crippen molar-refractivity contribution in [1.29, 1.82) is 0 Å². The van der Waals surface area contributed by atoms with E-state index in [2.05, 4.69) is 41.3 Å². The molecule has 2 rings (SSSR count). The van der Waals surface area contributed by atoms with Crippen LogP contribution in [0.3, 0.4) is 0 Å². The average Bonchev–Trinajstić information content (AvgIpc) is 2.48. The van der Waals surface area contributed by atoms with E-state index in [0.29, 0.717) is 5.88 Å². The van der Waals surface area contributed by atoms with Gasteiger partial charge in [0.25, 0.3) is 0 Å². The molecule has 0 fully saturated rings. The van der Waals surface area contributed by atoms with Gasteiger partial charge in [-0.05, 0) is 37.5 Å². The van der Waals surface area contributed by atoms with Crippen molar-refractivity contribution in [2.45, 2.75) is 40.5 Å². The fraction of sp³-hybridized carbons (Fsp3) is 0.412. The van der Waals surface area contributed by atoms with Gasteiger partial charge < -0.3 is 10.1 Å². The molecule has 1 N–H and O–H groups in total. The second-order valence-electron chi connectivity index (χ2n) is 5.16. The standard InChI is InChI=1S/C17H23N3O/c1-5-9-18-16-11-17(20-15(6-2)19-16)21-14-10-12(3)7-8-13(14)4/h7-8,10-11H,5-6,9H2,1-4H3,(H,18,19,20). The lowest BCUT2D eigenvalue weighted by atomic mass is 10.1. The van der Waals surface area contributed by atoms with E-state index in [-0.39, 0.29) is 0 Å². The van der Waals surface area contributed by atoms with Gasteiger partial charge in [0.15, 0.2) is 0 Å². The van der Waals surface area contributed by atoms with Crippen LogP contribution in [0.1, 0.15) is 37.2 Å². The summed E-state index contributed by atoms with van der Waals surface area (Å²) in [7, 11) is 0. The van der Waals surface area contributed by atoms with Gasteiger partial charge in [-0.25, -0.2) is 4.98 Å². The van der Waals surface area contributed by atoms with Gasteiger partial charge in [0.05, 0.1) is 0 Å². The van der Waals surface area contributed by atoms with Gasteiger partial charge in [-0.3, -0.25) is 0 Å². The number of hydrogen-bond donors (Lipinski definition) is 1. The third-order valence-electron chi connectivity index (χ3n) is 3.18. The maximum absolute atomic E-state index is 5.96. The first-order valence-corrected chi connectivity index (χ1v) is 7.49. The summed E-state index contributed by atoms with van der Waals surface area (Å²) in [5, 5.41) is 3.29. The van der Waals surface area contributed by atoms with E-state index in [1.807, 2.05) is 26.0 Å². The number of ether oxygens (including phenoxy) is 1. The molecule has 0 saturated carbocycles. The minimum absolute atomic E-state index is 0.592. The Balaban J connectivity index is 2.27. The van der Waals surface area contributed by atoms with Crippen molar-refractivity contribution >= 4 is 5.82 Å². The Bertz CT molecular complexity index is 611. The molecule has 1 heterocycles. The van der Waals surface area contributed by atoms with Crippen molar-refractivity contribution < 1.29 is 4.74 Å². The van der Waals surface area contributed by atoms with Crippen LogP contribution in [0, 0.1) is 13.8 Å². The summed E-state index contributed by atoms with van der Waals surface area (Å²) in [4.78, 5) is 8.92. The normalized spacial score (nSPS) is 10.5. The topological polar surface area (TPSA) is 47.0 Å². The Morgan fingerprint density at radius 3 is 2.62 bits per heavy atom. The van der Waals surface area contributed by atoms with E-state index in [1.54, 1.807) is 0 Å². The molecule has 0 saturated heterocycles. The summed E-state index contributed by atoms with van der Waals surface area (Å²) in [5.41, 5.74) is 2.27. The molecule has 1 aromatic heterocycles. The van der Waals surface area contributed by atoms with Gasteiger partial charge in [0.1, 0.15) is 17.4 Å². The number of aromatic nitrogens is 2. The van der Waals surface area contributed by atoms with Crippen molar-refractivity contribution in [2.24, 2.45) is 0 Å². The van der Waals surface area contributed by atoms with Gasteiger partial charge in [-0.1, -0.05) is 26.0 Å². The van der Waals surface area contributed by atoms with E-state index in [9.17, 15) is 0 Å². The highest BCUT2D eigenvalue weighted by Crippen LogP contribution is 2.26. The van der Waals surface area contributed by atoms with Crippen molar-refractivity contribution in [2.75, 3.05) is 11.9 Å². The van der Waals surface area contributed by atoms with E-state index in [0.717, 1.165) is 42.3 Å². The Kier molecular flexibility index (Phi) is 5.14. The van der Waals surface area contributed by atoms with Gasteiger partial charge in [-0.15, -0.1) is 0 Å². The fourth-order valence-electron chi connectivity index (χ4n) is 1.96. The molecular formula is C17H23N3O. The van der Waals surface area contributed by atoms with Crippen LogP contribution in [0.2, 0.25) is 0 Å². The Hall–Kier alpha value is -2.10. The molecule has 112 valence electrons. The van der Waals surface area contributed by atoms with Crippen LogP contribution in [0.15, 0.2) is 24.3 Å². The summed E-state index contributed by atoms with van der Waals surface area (Å²) >= 11 is 0. The highest BCUT2D eigenvalue weighted by molar-refractivity contribution is 5.42. The molecular weight excluding hydrogens is 262 g/mol. The molecule has 0 aliphatic carbocycles. The first-order valence-electron chi connectivity index (χ1n) is 7.49. The Labute approximate surface area is 126 Å². The summed E-state index contributed by atoms with van der Waals surface area (Å²) in [5.74, 6) is 3.05. The number of hydrogen-bond acceptors (Lipinski definition) is 4. The molecule has 0 radical (unpaired) electrons. The number of anilines is 1. The minimum atomic E-state index is 0.592.